The van der Waals surface area contributed by atoms with Crippen LogP contribution in [0.25, 0.3) is 0 Å². The molecule has 54 heavy (non-hydrogen) atoms. The number of allylic oxidation sites excluding steroid dienone is 3. The number of esters is 2. The van der Waals surface area contributed by atoms with Crippen LogP contribution in [0.1, 0.15) is 113 Å². The molecule has 0 saturated carbocycles. The summed E-state index contributed by atoms with van der Waals surface area (Å²) in [5, 5.41) is 0.0507. The van der Waals surface area contributed by atoms with E-state index in [0.29, 0.717) is 38.5 Å². The molecule has 12 heteroatoms. The lowest BCUT2D eigenvalue weighted by atomic mass is 10.0. The zero-order valence-electron chi connectivity index (χ0n) is 36.7. The molecule has 1 heterocycles. The fourth-order valence-electron chi connectivity index (χ4n) is 6.44. The maximum absolute atomic E-state index is 12.8. The fraction of sp³-hybridized carbons (Fsp3) is 0.762. The molecule has 308 valence electrons. The Morgan fingerprint density at radius 3 is 1.67 bits per heavy atom. The summed E-state index contributed by atoms with van der Waals surface area (Å²) >= 11 is 0. The van der Waals surface area contributed by atoms with Crippen LogP contribution in [0, 0.1) is 0 Å². The summed E-state index contributed by atoms with van der Waals surface area (Å²) in [6, 6.07) is 0. The van der Waals surface area contributed by atoms with Gasteiger partial charge in [0.05, 0.1) is 45.8 Å². The Kier molecular flexibility index (Phi) is 16.9. The van der Waals surface area contributed by atoms with E-state index < -0.39 is 24.7 Å². The minimum absolute atomic E-state index is 0.0736. The van der Waals surface area contributed by atoms with E-state index in [9.17, 15) is 19.2 Å². The molecule has 9 nitrogen and oxygen atoms in total. The Labute approximate surface area is 330 Å². The minimum atomic E-state index is -1.92. The minimum Gasteiger partial charge on any atom is -0.469 e. The number of Topliss-reactive ketones (excluding diaryl/α,β-unsaturated/α-hetero) is 2. The Bertz CT molecular complexity index is 1440. The third-order valence-corrected chi connectivity index (χ3v) is 24.3. The first-order chi connectivity index (χ1) is 24.6. The van der Waals surface area contributed by atoms with E-state index in [1.54, 1.807) is 0 Å². The maximum atomic E-state index is 12.8. The van der Waals surface area contributed by atoms with Crippen LogP contribution in [0.4, 0.5) is 0 Å². The van der Waals surface area contributed by atoms with Crippen molar-refractivity contribution in [2.75, 3.05) is 14.2 Å². The van der Waals surface area contributed by atoms with Gasteiger partial charge in [0.15, 0.2) is 28.2 Å². The van der Waals surface area contributed by atoms with Crippen molar-refractivity contribution in [3.63, 3.8) is 0 Å². The van der Waals surface area contributed by atoms with Crippen LogP contribution in [-0.2, 0) is 42.2 Å². The van der Waals surface area contributed by atoms with E-state index in [1.807, 2.05) is 13.0 Å². The summed E-state index contributed by atoms with van der Waals surface area (Å²) in [5.41, 5.74) is 2.91. The number of hydrogen-bond donors (Lipinski definition) is 0. The Hall–Kier alpha value is -1.97. The molecule has 0 bridgehead atoms. The van der Waals surface area contributed by atoms with E-state index >= 15 is 0 Å². The lowest BCUT2D eigenvalue weighted by molar-refractivity contribution is -0.141. The van der Waals surface area contributed by atoms with Crippen molar-refractivity contribution in [1.29, 1.82) is 0 Å². The van der Waals surface area contributed by atoms with Crippen molar-refractivity contribution in [3.05, 3.63) is 34.9 Å². The lowest BCUT2D eigenvalue weighted by Gasteiger charge is -2.37. The van der Waals surface area contributed by atoms with E-state index in [-0.39, 0.29) is 57.1 Å². The Balaban J connectivity index is 0.000000378. The highest BCUT2D eigenvalue weighted by atomic mass is 28.4. The monoisotopic (exact) mass is 806 g/mol. The summed E-state index contributed by atoms with van der Waals surface area (Å²) in [6.45, 7) is 31.1. The normalized spacial score (nSPS) is 23.8. The molecule has 0 aromatic rings. The van der Waals surface area contributed by atoms with Gasteiger partial charge in [-0.1, -0.05) is 72.8 Å². The molecule has 1 aliphatic heterocycles. The van der Waals surface area contributed by atoms with Gasteiger partial charge in [-0.15, -0.1) is 0 Å². The second kappa shape index (κ2) is 19.0. The predicted octanol–water partition coefficient (Wildman–Crippen LogP) is 9.98. The lowest BCUT2D eigenvalue weighted by Crippen LogP contribution is -2.44. The van der Waals surface area contributed by atoms with E-state index in [2.05, 4.69) is 104 Å². The zero-order chi connectivity index (χ0) is 41.5. The molecule has 3 aliphatic rings. The Morgan fingerprint density at radius 2 is 1.22 bits per heavy atom. The molecule has 2 aliphatic carbocycles. The topological polar surface area (TPSA) is 118 Å². The zero-order valence-corrected chi connectivity index (χ0v) is 39.7. The van der Waals surface area contributed by atoms with E-state index in [1.165, 1.54) is 14.2 Å². The van der Waals surface area contributed by atoms with Crippen molar-refractivity contribution in [2.24, 2.45) is 0 Å². The van der Waals surface area contributed by atoms with Gasteiger partial charge < -0.3 is 23.1 Å². The standard InChI is InChI=1S/C22H40O5Si2.C20H34O4Si/c1-21(2,3)29(8,9)27-17-13-16(18(23)14-17)15-22(28(5,6)7)19(26-22)11-10-12-20(24)25-4;1-15(10-8-9-11-19(22)23-5)12-16-13-17(14-18(16)21)24-25(6,7)20(2,3)4/h13,17,19H,10-12,14-15H2,1-9H3;10,13,17H,8-9,11-12,14H2,1-7H3/b;15-10+. The smallest absolute Gasteiger partial charge is 0.305 e. The number of unbranched alkanes of at least 4 members (excludes halogenated alkanes) is 1. The van der Waals surface area contributed by atoms with Gasteiger partial charge in [-0.25, -0.2) is 0 Å². The maximum Gasteiger partial charge on any atom is 0.305 e. The fourth-order valence-corrected chi connectivity index (χ4v) is 11.3. The largest absolute Gasteiger partial charge is 0.469 e. The molecule has 0 amide bonds. The van der Waals surface area contributed by atoms with Gasteiger partial charge in [0.1, 0.15) is 0 Å². The number of rotatable bonds is 17. The van der Waals surface area contributed by atoms with E-state index in [4.69, 9.17) is 18.3 Å². The van der Waals surface area contributed by atoms with Crippen LogP contribution in [0.15, 0.2) is 34.9 Å². The molecule has 0 aromatic heterocycles. The third-order valence-electron chi connectivity index (χ3n) is 12.2. The average molecular weight is 807 g/mol. The highest BCUT2D eigenvalue weighted by molar-refractivity contribution is 6.80. The summed E-state index contributed by atoms with van der Waals surface area (Å²) < 4.78 is 28.5. The molecular weight excluding hydrogens is 733 g/mol. The number of ketones is 2. The quantitative estimate of drug-likeness (QED) is 0.0465. The van der Waals surface area contributed by atoms with Crippen LogP contribution in [0.2, 0.25) is 55.9 Å². The molecule has 4 atom stereocenters. The van der Waals surface area contributed by atoms with Gasteiger partial charge in [-0.2, -0.15) is 0 Å². The molecule has 1 saturated heterocycles. The molecule has 3 rings (SSSR count). The van der Waals surface area contributed by atoms with Gasteiger partial charge in [0.25, 0.3) is 0 Å². The van der Waals surface area contributed by atoms with Crippen LogP contribution in [-0.4, -0.2) is 86.0 Å². The van der Waals surface area contributed by atoms with Gasteiger partial charge in [0, 0.05) is 32.1 Å². The summed E-state index contributed by atoms with van der Waals surface area (Å²) in [7, 11) is -2.64. The average Bonchev–Trinajstić information content (AvgIpc) is 3.49. The van der Waals surface area contributed by atoms with E-state index in [0.717, 1.165) is 42.4 Å². The first-order valence-corrected chi connectivity index (χ1v) is 29.2. The molecule has 4 unspecified atom stereocenters. The molecular formula is C42H74O9Si3. The Morgan fingerprint density at radius 1 is 0.778 bits per heavy atom. The van der Waals surface area contributed by atoms with Crippen LogP contribution < -0.4 is 0 Å². The summed E-state index contributed by atoms with van der Waals surface area (Å²) in [6.07, 6.45) is 12.5. The molecule has 1 fully saturated rings. The van der Waals surface area contributed by atoms with Gasteiger partial charge >= 0.3 is 11.9 Å². The summed E-state index contributed by atoms with van der Waals surface area (Å²) in [5.74, 6) is 0.0510. The number of methoxy groups -OCH3 is 2. The van der Waals surface area contributed by atoms with Crippen LogP contribution in [0.5, 0.6) is 0 Å². The SMILES string of the molecule is COC(=O)CCC/C=C(\C)CC1=CC(O[Si](C)(C)C(C)(C)C)CC1=O.COC(=O)CCCC1OC1(CC1=CC(O[Si](C)(C)C(C)(C)C)CC1=O)[Si](C)(C)C. The van der Waals surface area contributed by atoms with Crippen LogP contribution >= 0.6 is 0 Å². The van der Waals surface area contributed by atoms with Crippen molar-refractivity contribution >= 4 is 48.2 Å². The second-order valence-electron chi connectivity index (χ2n) is 19.6. The van der Waals surface area contributed by atoms with Gasteiger partial charge in [-0.3, -0.25) is 19.2 Å². The van der Waals surface area contributed by atoms with Gasteiger partial charge in [0.2, 0.25) is 0 Å². The highest BCUT2D eigenvalue weighted by Gasteiger charge is 2.64. The molecule has 0 radical (unpaired) electrons. The van der Waals surface area contributed by atoms with Crippen molar-refractivity contribution in [1.82, 2.24) is 0 Å². The van der Waals surface area contributed by atoms with Crippen molar-refractivity contribution in [3.8, 4) is 0 Å². The predicted molar refractivity (Wildman–Crippen MR) is 225 cm³/mol. The molecule has 0 spiro atoms. The first kappa shape index (κ1) is 48.2. The number of hydrogen-bond acceptors (Lipinski definition) is 9. The number of carbonyl (C=O) groups is 4. The summed E-state index contributed by atoms with van der Waals surface area (Å²) in [4.78, 5) is 47.5. The van der Waals surface area contributed by atoms with Crippen LogP contribution in [0.3, 0.4) is 0 Å². The number of ether oxygens (including phenoxy) is 3. The van der Waals surface area contributed by atoms with Crippen molar-refractivity contribution < 1.29 is 42.2 Å². The van der Waals surface area contributed by atoms with Crippen molar-refractivity contribution in [2.45, 2.75) is 192 Å². The molecule has 0 aromatic carbocycles. The molecule has 0 N–H and O–H groups in total. The first-order valence-electron chi connectivity index (χ1n) is 19.9. The number of epoxide rings is 1. The number of carbonyl (C=O) groups excluding carboxylic acids is 4. The third kappa shape index (κ3) is 13.6. The van der Waals surface area contributed by atoms with Gasteiger partial charge in [-0.05, 0) is 98.6 Å². The second-order valence-corrected chi connectivity index (χ2v) is 34.4. The highest BCUT2D eigenvalue weighted by Crippen LogP contribution is 2.52.